The molecule has 0 aliphatic carbocycles. The maximum atomic E-state index is 13.9. The summed E-state index contributed by atoms with van der Waals surface area (Å²) in [6.45, 7) is 3.56. The van der Waals surface area contributed by atoms with E-state index in [-0.39, 0.29) is 18.1 Å². The molecule has 168 valence electrons. The first kappa shape index (κ1) is 23.7. The molecule has 0 spiro atoms. The van der Waals surface area contributed by atoms with Gasteiger partial charge in [-0.25, -0.2) is 4.39 Å². The molecule has 2 aromatic carbocycles. The van der Waals surface area contributed by atoms with Gasteiger partial charge in [0.05, 0.1) is 0 Å². The van der Waals surface area contributed by atoms with Gasteiger partial charge in [0.25, 0.3) is 0 Å². The maximum Gasteiger partial charge on any atom is 0.220 e. The minimum Gasteiger partial charge on any atom is -0.492 e. The Morgan fingerprint density at radius 3 is 2.84 bits per heavy atom. The molecule has 1 N–H and O–H groups in total. The van der Waals surface area contributed by atoms with Gasteiger partial charge >= 0.3 is 0 Å². The zero-order valence-corrected chi connectivity index (χ0v) is 19.5. The van der Waals surface area contributed by atoms with Gasteiger partial charge in [-0.1, -0.05) is 34.1 Å². The number of aryl methyl sites for hydroxylation is 1. The molecule has 1 amide bonds. The fraction of sp³-hybridized carbons (Fsp3) is 0.458. The molecule has 0 saturated carbocycles. The molecule has 5 nitrogen and oxygen atoms in total. The topological polar surface area (TPSA) is 50.8 Å². The molecule has 0 radical (unpaired) electrons. The van der Waals surface area contributed by atoms with E-state index in [9.17, 15) is 9.18 Å². The Kier molecular flexibility index (Phi) is 9.31. The number of nitrogens with one attached hydrogen (secondary N) is 1. The molecule has 0 bridgehead atoms. The second-order valence-electron chi connectivity index (χ2n) is 7.83. The summed E-state index contributed by atoms with van der Waals surface area (Å²) in [5.74, 6) is 0.394. The van der Waals surface area contributed by atoms with Crippen LogP contribution in [0.2, 0.25) is 0 Å². The number of likely N-dealkylation sites (N-methyl/N-ethyl adjacent to an activating group) is 1. The van der Waals surface area contributed by atoms with Gasteiger partial charge in [-0.05, 0) is 61.7 Å². The van der Waals surface area contributed by atoms with Gasteiger partial charge < -0.3 is 14.8 Å². The van der Waals surface area contributed by atoms with Crippen molar-refractivity contribution >= 4 is 21.8 Å². The molecule has 2 aromatic rings. The highest BCUT2D eigenvalue weighted by Gasteiger charge is 2.18. The number of carbonyl (C=O) groups excluding carboxylic acids is 1. The summed E-state index contributed by atoms with van der Waals surface area (Å²) >= 11 is 3.24. The lowest BCUT2D eigenvalue weighted by Gasteiger charge is -2.31. The van der Waals surface area contributed by atoms with Crippen LogP contribution < -0.4 is 10.1 Å². The van der Waals surface area contributed by atoms with E-state index in [1.807, 2.05) is 24.3 Å². The summed E-state index contributed by atoms with van der Waals surface area (Å²) in [6.07, 6.45) is 2.75. The normalized spacial score (nSPS) is 14.6. The molecular weight excluding hydrogens is 463 g/mol. The van der Waals surface area contributed by atoms with Crippen molar-refractivity contribution in [3.8, 4) is 5.75 Å². The fourth-order valence-corrected chi connectivity index (χ4v) is 3.96. The minimum absolute atomic E-state index is 0.105. The number of rotatable bonds is 10. The van der Waals surface area contributed by atoms with Crippen LogP contribution in [0.5, 0.6) is 5.75 Å². The zero-order valence-electron chi connectivity index (χ0n) is 17.9. The van der Waals surface area contributed by atoms with Crippen LogP contribution in [0.15, 0.2) is 46.9 Å². The van der Waals surface area contributed by atoms with Gasteiger partial charge in [-0.15, -0.1) is 0 Å². The highest BCUT2D eigenvalue weighted by atomic mass is 79.9. The lowest BCUT2D eigenvalue weighted by molar-refractivity contribution is -0.121. The summed E-state index contributed by atoms with van der Waals surface area (Å²) in [5.41, 5.74) is 1.51. The van der Waals surface area contributed by atoms with Crippen LogP contribution in [0.25, 0.3) is 0 Å². The summed E-state index contributed by atoms with van der Waals surface area (Å²) in [6, 6.07) is 13.2. The Labute approximate surface area is 192 Å². The zero-order chi connectivity index (χ0) is 22.1. The highest BCUT2D eigenvalue weighted by Crippen LogP contribution is 2.17. The molecular formula is C24H30BrFN2O3. The van der Waals surface area contributed by atoms with Crippen LogP contribution in [0, 0.1) is 5.82 Å². The summed E-state index contributed by atoms with van der Waals surface area (Å²) in [7, 11) is 2.13. The first-order chi connectivity index (χ1) is 15.0. The molecule has 0 atom stereocenters. The van der Waals surface area contributed by atoms with Crippen molar-refractivity contribution in [3.05, 3.63) is 63.9 Å². The molecule has 0 aromatic heterocycles. The molecule has 1 aliphatic heterocycles. The molecule has 1 fully saturated rings. The predicted octanol–water partition coefficient (Wildman–Crippen LogP) is 4.33. The van der Waals surface area contributed by atoms with Gasteiger partial charge in [0.1, 0.15) is 18.2 Å². The number of carbonyl (C=O) groups is 1. The van der Waals surface area contributed by atoms with Crippen LogP contribution in [-0.2, 0) is 22.5 Å². The third-order valence-corrected chi connectivity index (χ3v) is 6.04. The standard InChI is InChI=1S/C24H30BrFN2O3/c1-28(21-9-12-30-13-10-21)11-14-31-22-4-2-3-18(15-22)17-27-24(29)8-6-19-5-7-20(25)16-23(19)26/h2-5,7,15-16,21H,6,8-14,17H2,1H3,(H,27,29). The maximum absolute atomic E-state index is 13.9. The molecule has 3 rings (SSSR count). The molecule has 1 saturated heterocycles. The quantitative estimate of drug-likeness (QED) is 0.536. The van der Waals surface area contributed by atoms with Gasteiger partial charge in [0.15, 0.2) is 0 Å². The highest BCUT2D eigenvalue weighted by molar-refractivity contribution is 9.10. The first-order valence-electron chi connectivity index (χ1n) is 10.7. The SMILES string of the molecule is CN(CCOc1cccc(CNC(=O)CCc2ccc(Br)cc2F)c1)C1CCOCC1. The van der Waals surface area contributed by atoms with Gasteiger partial charge in [-0.3, -0.25) is 9.69 Å². The van der Waals surface area contributed by atoms with Crippen molar-refractivity contribution in [1.29, 1.82) is 0 Å². The van der Waals surface area contributed by atoms with Crippen LogP contribution in [0.1, 0.15) is 30.4 Å². The molecule has 7 heteroatoms. The smallest absolute Gasteiger partial charge is 0.220 e. The van der Waals surface area contributed by atoms with E-state index in [1.165, 1.54) is 6.07 Å². The monoisotopic (exact) mass is 492 g/mol. The van der Waals surface area contributed by atoms with Crippen molar-refractivity contribution in [2.75, 3.05) is 33.4 Å². The second kappa shape index (κ2) is 12.2. The van der Waals surface area contributed by atoms with E-state index in [1.54, 1.807) is 12.1 Å². The molecule has 0 unspecified atom stereocenters. The number of halogens is 2. The van der Waals surface area contributed by atoms with Gasteiger partial charge in [0, 0.05) is 43.2 Å². The van der Waals surface area contributed by atoms with E-state index < -0.39 is 0 Å². The van der Waals surface area contributed by atoms with E-state index in [0.29, 0.717) is 35.7 Å². The third kappa shape index (κ3) is 7.91. The number of amides is 1. The van der Waals surface area contributed by atoms with E-state index in [4.69, 9.17) is 9.47 Å². The number of benzene rings is 2. The molecule has 31 heavy (non-hydrogen) atoms. The van der Waals surface area contributed by atoms with Crippen molar-refractivity contribution < 1.29 is 18.7 Å². The van der Waals surface area contributed by atoms with Crippen LogP contribution >= 0.6 is 15.9 Å². The van der Waals surface area contributed by atoms with E-state index in [0.717, 1.165) is 43.9 Å². The van der Waals surface area contributed by atoms with E-state index in [2.05, 4.69) is 33.2 Å². The fourth-order valence-electron chi connectivity index (χ4n) is 3.62. The number of nitrogens with zero attached hydrogens (tertiary/aromatic N) is 1. The largest absolute Gasteiger partial charge is 0.492 e. The van der Waals surface area contributed by atoms with Gasteiger partial charge in [0.2, 0.25) is 5.91 Å². The summed E-state index contributed by atoms with van der Waals surface area (Å²) in [4.78, 5) is 14.5. The molecule has 1 aliphatic rings. The Hall–Kier alpha value is -1.96. The number of hydrogen-bond acceptors (Lipinski definition) is 4. The number of ether oxygens (including phenoxy) is 2. The van der Waals surface area contributed by atoms with Crippen LogP contribution in [0.3, 0.4) is 0 Å². The Balaban J connectivity index is 1.38. The lowest BCUT2D eigenvalue weighted by Crippen LogP contribution is -2.38. The van der Waals surface area contributed by atoms with Crippen LogP contribution in [0.4, 0.5) is 4.39 Å². The average molecular weight is 493 g/mol. The first-order valence-corrected chi connectivity index (χ1v) is 11.5. The minimum atomic E-state index is -0.297. The second-order valence-corrected chi connectivity index (χ2v) is 8.75. The summed E-state index contributed by atoms with van der Waals surface area (Å²) in [5, 5.41) is 2.90. The Morgan fingerprint density at radius 1 is 1.26 bits per heavy atom. The van der Waals surface area contributed by atoms with Crippen molar-refractivity contribution in [2.24, 2.45) is 0 Å². The van der Waals surface area contributed by atoms with Crippen LogP contribution in [-0.4, -0.2) is 50.3 Å². The Morgan fingerprint density at radius 2 is 2.06 bits per heavy atom. The summed E-state index contributed by atoms with van der Waals surface area (Å²) < 4.78 is 25.9. The van der Waals surface area contributed by atoms with Gasteiger partial charge in [-0.2, -0.15) is 0 Å². The van der Waals surface area contributed by atoms with E-state index >= 15 is 0 Å². The Bertz CT molecular complexity index is 858. The molecule has 1 heterocycles. The predicted molar refractivity (Wildman–Crippen MR) is 123 cm³/mol. The average Bonchev–Trinajstić information content (AvgIpc) is 2.78. The van der Waals surface area contributed by atoms with Crippen molar-refractivity contribution in [3.63, 3.8) is 0 Å². The van der Waals surface area contributed by atoms with Crippen molar-refractivity contribution in [1.82, 2.24) is 10.2 Å². The third-order valence-electron chi connectivity index (χ3n) is 5.55. The lowest BCUT2D eigenvalue weighted by atomic mass is 10.1. The van der Waals surface area contributed by atoms with Crippen molar-refractivity contribution in [2.45, 2.75) is 38.3 Å². The number of hydrogen-bond donors (Lipinski definition) is 1.